The second-order valence-electron chi connectivity index (χ2n) is 10.8. The number of aryl methyl sites for hydroxylation is 1. The molecule has 4 aromatic rings. The predicted molar refractivity (Wildman–Crippen MR) is 178 cm³/mol. The zero-order valence-corrected chi connectivity index (χ0v) is 26.5. The number of hydrogen-bond donors (Lipinski definition) is 2. The van der Waals surface area contributed by atoms with E-state index in [4.69, 9.17) is 19.6 Å². The third kappa shape index (κ3) is 7.72. The Balaban J connectivity index is 1.55. The molecule has 10 heteroatoms. The summed E-state index contributed by atoms with van der Waals surface area (Å²) in [5.41, 5.74) is 12.7. The lowest BCUT2D eigenvalue weighted by atomic mass is 9.81. The van der Waals surface area contributed by atoms with E-state index in [-0.39, 0.29) is 18.9 Å². The highest BCUT2D eigenvalue weighted by Gasteiger charge is 2.53. The summed E-state index contributed by atoms with van der Waals surface area (Å²) in [6, 6.07) is 30.4. The highest BCUT2D eigenvalue weighted by Crippen LogP contribution is 2.44. The van der Waals surface area contributed by atoms with Crippen LogP contribution in [0, 0.1) is 6.92 Å². The smallest absolute Gasteiger partial charge is 0.252 e. The van der Waals surface area contributed by atoms with Gasteiger partial charge in [0.2, 0.25) is 5.90 Å². The van der Waals surface area contributed by atoms with Crippen LogP contribution in [-0.4, -0.2) is 42.2 Å². The number of azide groups is 1. The van der Waals surface area contributed by atoms with Crippen LogP contribution in [0.25, 0.3) is 10.4 Å². The normalized spacial score (nSPS) is 17.1. The molecule has 5 rings (SSSR count). The Labute approximate surface area is 270 Å². The van der Waals surface area contributed by atoms with Gasteiger partial charge < -0.3 is 19.9 Å². The Hall–Kier alpha value is -4.63. The molecule has 0 radical (unpaired) electrons. The van der Waals surface area contributed by atoms with E-state index in [2.05, 4.69) is 55.5 Å². The zero-order chi connectivity index (χ0) is 31.6. The Kier molecular flexibility index (Phi) is 10.5. The molecule has 0 aliphatic carbocycles. The second-order valence-corrected chi connectivity index (χ2v) is 11.7. The molecule has 1 aliphatic rings. The molecule has 0 saturated heterocycles. The molecule has 230 valence electrons. The van der Waals surface area contributed by atoms with E-state index in [1.165, 1.54) is 5.56 Å². The lowest BCUT2D eigenvalue weighted by Gasteiger charge is -2.31. The van der Waals surface area contributed by atoms with Crippen molar-refractivity contribution in [3.8, 4) is 5.75 Å². The van der Waals surface area contributed by atoms with Gasteiger partial charge in [-0.05, 0) is 72.0 Å². The summed E-state index contributed by atoms with van der Waals surface area (Å²) < 4.78 is 13.2. The standard InChI is InChI=1S/C35H34BrN5O4/c1-24-7-9-25(10-8-24)19-20-38-34(43)35(23-28-5-2-3-6-31(28)40-41-37)32(26-11-15-29(36)16-12-26)45-33(39-35)27-13-17-30(18-14-27)44-22-4-21-42/h2-3,5-18,32,42H,4,19-23H2,1H3,(H,38,43)/t32-,35-/m1/s1. The number of benzene rings is 4. The van der Waals surface area contributed by atoms with Gasteiger partial charge in [0.25, 0.3) is 5.91 Å². The van der Waals surface area contributed by atoms with Gasteiger partial charge in [0.05, 0.1) is 6.61 Å². The highest BCUT2D eigenvalue weighted by atomic mass is 79.9. The molecular weight excluding hydrogens is 634 g/mol. The maximum absolute atomic E-state index is 14.5. The van der Waals surface area contributed by atoms with Crippen molar-refractivity contribution in [2.45, 2.75) is 37.8 Å². The largest absolute Gasteiger partial charge is 0.494 e. The Morgan fingerprint density at radius 1 is 1.07 bits per heavy atom. The van der Waals surface area contributed by atoms with Crippen LogP contribution in [-0.2, 0) is 22.4 Å². The maximum atomic E-state index is 14.5. The van der Waals surface area contributed by atoms with Crippen molar-refractivity contribution in [3.05, 3.63) is 140 Å². The number of hydrogen-bond acceptors (Lipinski definition) is 6. The van der Waals surface area contributed by atoms with Crippen molar-refractivity contribution < 1.29 is 19.4 Å². The first-order chi connectivity index (χ1) is 21.9. The molecule has 0 saturated carbocycles. The lowest BCUT2D eigenvalue weighted by Crippen LogP contribution is -2.50. The molecule has 0 fully saturated rings. The van der Waals surface area contributed by atoms with Crippen molar-refractivity contribution in [1.29, 1.82) is 0 Å². The molecule has 0 unspecified atom stereocenters. The van der Waals surface area contributed by atoms with Gasteiger partial charge in [0.1, 0.15) is 5.75 Å². The zero-order valence-electron chi connectivity index (χ0n) is 24.9. The second kappa shape index (κ2) is 14.9. The van der Waals surface area contributed by atoms with Crippen LogP contribution in [0.3, 0.4) is 0 Å². The number of aliphatic imine (C=N–C) groups is 1. The first-order valence-corrected chi connectivity index (χ1v) is 15.5. The summed E-state index contributed by atoms with van der Waals surface area (Å²) >= 11 is 3.51. The SMILES string of the molecule is Cc1ccc(CCNC(=O)[C@]2(Cc3ccccc3N=[N+]=[N-])N=C(c3ccc(OCCCO)cc3)O[C@@H]2c2ccc(Br)cc2)cc1. The molecule has 2 atom stereocenters. The molecule has 1 heterocycles. The van der Waals surface area contributed by atoms with Gasteiger partial charge in [0, 0.05) is 46.6 Å². The molecule has 1 amide bonds. The van der Waals surface area contributed by atoms with E-state index in [1.807, 2.05) is 67.6 Å². The van der Waals surface area contributed by atoms with Crippen LogP contribution in [0.4, 0.5) is 5.69 Å². The monoisotopic (exact) mass is 667 g/mol. The molecule has 9 nitrogen and oxygen atoms in total. The van der Waals surface area contributed by atoms with Crippen molar-refractivity contribution in [1.82, 2.24) is 5.32 Å². The van der Waals surface area contributed by atoms with E-state index in [9.17, 15) is 10.3 Å². The Morgan fingerprint density at radius 3 is 2.51 bits per heavy atom. The lowest BCUT2D eigenvalue weighted by molar-refractivity contribution is -0.128. The number of carbonyl (C=O) groups is 1. The number of aliphatic hydroxyl groups is 1. The molecule has 4 aromatic carbocycles. The van der Waals surface area contributed by atoms with Gasteiger partial charge in [-0.25, -0.2) is 4.99 Å². The number of carbonyl (C=O) groups excluding carboxylic acids is 1. The third-order valence-corrected chi connectivity index (χ3v) is 8.16. The minimum atomic E-state index is -1.42. The molecule has 1 aliphatic heterocycles. The minimum absolute atomic E-state index is 0.0537. The van der Waals surface area contributed by atoms with Gasteiger partial charge in [-0.3, -0.25) is 4.79 Å². The molecule has 0 bridgehead atoms. The topological polar surface area (TPSA) is 129 Å². The van der Waals surface area contributed by atoms with E-state index < -0.39 is 11.6 Å². The van der Waals surface area contributed by atoms with Crippen molar-refractivity contribution >= 4 is 33.4 Å². The predicted octanol–water partition coefficient (Wildman–Crippen LogP) is 7.32. The number of nitrogens with zero attached hydrogens (tertiary/aromatic N) is 4. The fourth-order valence-corrected chi connectivity index (χ4v) is 5.51. The summed E-state index contributed by atoms with van der Waals surface area (Å²) in [4.78, 5) is 22.5. The van der Waals surface area contributed by atoms with Crippen LogP contribution in [0.15, 0.2) is 112 Å². The summed E-state index contributed by atoms with van der Waals surface area (Å²) in [6.45, 7) is 2.90. The van der Waals surface area contributed by atoms with E-state index in [1.54, 1.807) is 12.1 Å². The van der Waals surface area contributed by atoms with Gasteiger partial charge in [-0.1, -0.05) is 87.3 Å². The van der Waals surface area contributed by atoms with Crippen LogP contribution in [0.1, 0.15) is 40.3 Å². The van der Waals surface area contributed by atoms with E-state index in [0.29, 0.717) is 54.5 Å². The molecule has 2 N–H and O–H groups in total. The average molecular weight is 669 g/mol. The van der Waals surface area contributed by atoms with Crippen LogP contribution in [0.2, 0.25) is 0 Å². The van der Waals surface area contributed by atoms with Gasteiger partial charge in [-0.15, -0.1) is 0 Å². The first-order valence-electron chi connectivity index (χ1n) is 14.7. The van der Waals surface area contributed by atoms with Crippen LogP contribution < -0.4 is 10.1 Å². The van der Waals surface area contributed by atoms with Crippen LogP contribution in [0.5, 0.6) is 5.75 Å². The number of aliphatic hydroxyl groups excluding tert-OH is 1. The molecule has 45 heavy (non-hydrogen) atoms. The number of amides is 1. The molecular formula is C35H34BrN5O4. The summed E-state index contributed by atoms with van der Waals surface area (Å²) in [5.74, 6) is 0.677. The summed E-state index contributed by atoms with van der Waals surface area (Å²) in [7, 11) is 0. The number of halogens is 1. The van der Waals surface area contributed by atoms with Crippen LogP contribution >= 0.6 is 15.9 Å². The fourth-order valence-electron chi connectivity index (χ4n) is 5.24. The van der Waals surface area contributed by atoms with Gasteiger partial charge in [0.15, 0.2) is 11.6 Å². The van der Waals surface area contributed by atoms with Gasteiger partial charge in [-0.2, -0.15) is 0 Å². The Bertz CT molecular complexity index is 1690. The summed E-state index contributed by atoms with van der Waals surface area (Å²) in [5, 5.41) is 16.1. The third-order valence-electron chi connectivity index (χ3n) is 7.63. The van der Waals surface area contributed by atoms with Gasteiger partial charge >= 0.3 is 0 Å². The van der Waals surface area contributed by atoms with E-state index >= 15 is 0 Å². The van der Waals surface area contributed by atoms with E-state index in [0.717, 1.165) is 15.6 Å². The number of ether oxygens (including phenoxy) is 2. The number of rotatable bonds is 13. The fraction of sp³-hybridized carbons (Fsp3) is 0.257. The Morgan fingerprint density at radius 2 is 1.80 bits per heavy atom. The van der Waals surface area contributed by atoms with Crippen molar-refractivity contribution in [2.75, 3.05) is 19.8 Å². The summed E-state index contributed by atoms with van der Waals surface area (Å²) in [6.07, 6.45) is 0.533. The highest BCUT2D eigenvalue weighted by molar-refractivity contribution is 9.10. The number of nitrogens with one attached hydrogen (secondary N) is 1. The average Bonchev–Trinajstić information content (AvgIpc) is 3.44. The first kappa shape index (κ1) is 31.8. The maximum Gasteiger partial charge on any atom is 0.252 e. The molecule has 0 spiro atoms. The van der Waals surface area contributed by atoms with Crippen molar-refractivity contribution in [3.63, 3.8) is 0 Å². The quantitative estimate of drug-likeness (QED) is 0.0670. The van der Waals surface area contributed by atoms with Crippen molar-refractivity contribution in [2.24, 2.45) is 10.1 Å². The minimum Gasteiger partial charge on any atom is -0.494 e. The molecule has 0 aromatic heterocycles.